The summed E-state index contributed by atoms with van der Waals surface area (Å²) in [5.74, 6) is 2.18. The van der Waals surface area contributed by atoms with Gasteiger partial charge in [-0.3, -0.25) is 0 Å². The zero-order valence-electron chi connectivity index (χ0n) is 13.1. The first-order chi connectivity index (χ1) is 11.2. The molecule has 0 aliphatic rings. The monoisotopic (exact) mass is 328 g/mol. The summed E-state index contributed by atoms with van der Waals surface area (Å²) < 4.78 is 16.8. The molecule has 0 radical (unpaired) electrons. The Labute approximate surface area is 138 Å². The summed E-state index contributed by atoms with van der Waals surface area (Å²) in [4.78, 5) is 8.93. The summed E-state index contributed by atoms with van der Waals surface area (Å²) in [5, 5.41) is 0.697. The standard InChI is InChI=1S/C17H16N2O3S/c1-20-12-5-6-13-16(9-12)23-17(19-13)18-10-11-4-7-14(21-2)15(8-11)22-3/h4-10H,1-3H3/b18-10+. The van der Waals surface area contributed by atoms with E-state index < -0.39 is 0 Å². The fourth-order valence-electron chi connectivity index (χ4n) is 2.14. The van der Waals surface area contributed by atoms with E-state index >= 15 is 0 Å². The average Bonchev–Trinajstić information content (AvgIpc) is 3.01. The molecule has 0 N–H and O–H groups in total. The van der Waals surface area contributed by atoms with E-state index in [9.17, 15) is 0 Å². The molecule has 0 spiro atoms. The topological polar surface area (TPSA) is 52.9 Å². The number of methoxy groups -OCH3 is 3. The van der Waals surface area contributed by atoms with Crippen LogP contribution >= 0.6 is 11.3 Å². The van der Waals surface area contributed by atoms with Gasteiger partial charge in [0.1, 0.15) is 5.75 Å². The van der Waals surface area contributed by atoms with E-state index in [4.69, 9.17) is 14.2 Å². The predicted octanol–water partition coefficient (Wildman–Crippen LogP) is 4.07. The smallest absolute Gasteiger partial charge is 0.210 e. The number of hydrogen-bond acceptors (Lipinski definition) is 6. The van der Waals surface area contributed by atoms with Crippen molar-refractivity contribution in [3.05, 3.63) is 42.0 Å². The third-order valence-corrected chi connectivity index (χ3v) is 4.24. The highest BCUT2D eigenvalue weighted by atomic mass is 32.1. The van der Waals surface area contributed by atoms with Crippen LogP contribution in [0.2, 0.25) is 0 Å². The van der Waals surface area contributed by atoms with Crippen molar-refractivity contribution in [2.75, 3.05) is 21.3 Å². The number of thiazole rings is 1. The lowest BCUT2D eigenvalue weighted by atomic mass is 10.2. The van der Waals surface area contributed by atoms with Crippen LogP contribution in [-0.4, -0.2) is 32.5 Å². The summed E-state index contributed by atoms with van der Waals surface area (Å²) in [6.07, 6.45) is 1.76. The Morgan fingerprint density at radius 2 is 1.78 bits per heavy atom. The quantitative estimate of drug-likeness (QED) is 0.662. The molecule has 0 saturated carbocycles. The highest BCUT2D eigenvalue weighted by molar-refractivity contribution is 7.22. The van der Waals surface area contributed by atoms with E-state index in [2.05, 4.69) is 9.98 Å². The minimum Gasteiger partial charge on any atom is -0.497 e. The molecular weight excluding hydrogens is 312 g/mol. The number of nitrogens with zero attached hydrogens (tertiary/aromatic N) is 2. The van der Waals surface area contributed by atoms with E-state index in [-0.39, 0.29) is 0 Å². The highest BCUT2D eigenvalue weighted by Gasteiger charge is 2.05. The van der Waals surface area contributed by atoms with Gasteiger partial charge in [-0.25, -0.2) is 9.98 Å². The van der Waals surface area contributed by atoms with Crippen LogP contribution in [-0.2, 0) is 0 Å². The molecular formula is C17H16N2O3S. The highest BCUT2D eigenvalue weighted by Crippen LogP contribution is 2.31. The van der Waals surface area contributed by atoms with Gasteiger partial charge in [0.25, 0.3) is 0 Å². The minimum atomic E-state index is 0.672. The van der Waals surface area contributed by atoms with Crippen molar-refractivity contribution >= 4 is 32.9 Å². The molecule has 23 heavy (non-hydrogen) atoms. The number of hydrogen-bond donors (Lipinski definition) is 0. The molecule has 1 aromatic heterocycles. The SMILES string of the molecule is COc1ccc2nc(/N=C/c3ccc(OC)c(OC)c3)sc2c1. The van der Waals surface area contributed by atoms with Crippen LogP contribution in [0.1, 0.15) is 5.56 Å². The lowest BCUT2D eigenvalue weighted by Crippen LogP contribution is -1.91. The van der Waals surface area contributed by atoms with Crippen molar-refractivity contribution in [3.8, 4) is 17.2 Å². The third-order valence-electron chi connectivity index (χ3n) is 3.32. The first-order valence-electron chi connectivity index (χ1n) is 6.94. The van der Waals surface area contributed by atoms with Crippen molar-refractivity contribution < 1.29 is 14.2 Å². The molecule has 3 aromatic rings. The lowest BCUT2D eigenvalue weighted by Gasteiger charge is -2.07. The maximum absolute atomic E-state index is 5.29. The van der Waals surface area contributed by atoms with Crippen molar-refractivity contribution in [2.24, 2.45) is 4.99 Å². The normalized spacial score (nSPS) is 11.1. The van der Waals surface area contributed by atoms with E-state index in [0.29, 0.717) is 16.6 Å². The van der Waals surface area contributed by atoms with Crippen LogP contribution in [0.15, 0.2) is 41.4 Å². The first-order valence-corrected chi connectivity index (χ1v) is 7.76. The average molecular weight is 328 g/mol. The molecule has 1 heterocycles. The van der Waals surface area contributed by atoms with Gasteiger partial charge >= 0.3 is 0 Å². The van der Waals surface area contributed by atoms with Crippen molar-refractivity contribution in [2.45, 2.75) is 0 Å². The van der Waals surface area contributed by atoms with Crippen molar-refractivity contribution in [3.63, 3.8) is 0 Å². The summed E-state index contributed by atoms with van der Waals surface area (Å²) in [7, 11) is 4.87. The van der Waals surface area contributed by atoms with Crippen molar-refractivity contribution in [1.29, 1.82) is 0 Å². The van der Waals surface area contributed by atoms with Gasteiger partial charge in [0.15, 0.2) is 11.5 Å². The number of benzene rings is 2. The summed E-state index contributed by atoms with van der Waals surface area (Å²) in [5.41, 5.74) is 1.83. The second-order valence-corrected chi connectivity index (χ2v) is 5.71. The zero-order chi connectivity index (χ0) is 16.2. The molecule has 3 rings (SSSR count). The maximum atomic E-state index is 5.29. The molecule has 0 fully saturated rings. The van der Waals surface area contributed by atoms with Gasteiger partial charge < -0.3 is 14.2 Å². The molecule has 118 valence electrons. The summed E-state index contributed by atoms with van der Waals surface area (Å²) in [6, 6.07) is 11.4. The molecule has 2 aromatic carbocycles. The van der Waals surface area contributed by atoms with Crippen LogP contribution in [0.3, 0.4) is 0 Å². The molecule has 0 saturated heterocycles. The fraction of sp³-hybridized carbons (Fsp3) is 0.176. The third kappa shape index (κ3) is 3.27. The molecule has 5 nitrogen and oxygen atoms in total. The summed E-state index contributed by atoms with van der Waals surface area (Å²) >= 11 is 1.52. The van der Waals surface area contributed by atoms with Crippen molar-refractivity contribution in [1.82, 2.24) is 4.98 Å². The van der Waals surface area contributed by atoms with E-state index in [0.717, 1.165) is 21.5 Å². The maximum Gasteiger partial charge on any atom is 0.210 e. The Balaban J connectivity index is 1.87. The Morgan fingerprint density at radius 1 is 0.957 bits per heavy atom. The van der Waals surface area contributed by atoms with Gasteiger partial charge in [0, 0.05) is 6.21 Å². The molecule has 6 heteroatoms. The van der Waals surface area contributed by atoms with Crippen LogP contribution in [0.5, 0.6) is 17.2 Å². The second kappa shape index (κ2) is 6.66. The summed E-state index contributed by atoms with van der Waals surface area (Å²) in [6.45, 7) is 0. The number of aromatic nitrogens is 1. The molecule has 0 aliphatic carbocycles. The molecule has 0 atom stereocenters. The minimum absolute atomic E-state index is 0.672. The number of aliphatic imine (C=N–C) groups is 1. The number of rotatable bonds is 5. The van der Waals surface area contributed by atoms with Gasteiger partial charge in [0.05, 0.1) is 31.5 Å². The van der Waals surface area contributed by atoms with E-state index in [1.807, 2.05) is 36.4 Å². The zero-order valence-corrected chi connectivity index (χ0v) is 13.9. The Hall–Kier alpha value is -2.60. The number of ether oxygens (including phenoxy) is 3. The van der Waals surface area contributed by atoms with Crippen LogP contribution in [0, 0.1) is 0 Å². The van der Waals surface area contributed by atoms with Gasteiger partial charge in [-0.1, -0.05) is 11.3 Å². The predicted molar refractivity (Wildman–Crippen MR) is 93.0 cm³/mol. The lowest BCUT2D eigenvalue weighted by molar-refractivity contribution is 0.355. The molecule has 0 bridgehead atoms. The second-order valence-electron chi connectivity index (χ2n) is 4.70. The van der Waals surface area contributed by atoms with E-state index in [1.54, 1.807) is 27.5 Å². The molecule has 0 aliphatic heterocycles. The Morgan fingerprint density at radius 3 is 2.52 bits per heavy atom. The van der Waals surface area contributed by atoms with Gasteiger partial charge in [-0.15, -0.1) is 0 Å². The van der Waals surface area contributed by atoms with Gasteiger partial charge in [-0.2, -0.15) is 0 Å². The largest absolute Gasteiger partial charge is 0.497 e. The molecule has 0 amide bonds. The Bertz CT molecular complexity index is 858. The fourth-order valence-corrected chi connectivity index (χ4v) is 2.98. The first kappa shape index (κ1) is 15.3. The van der Waals surface area contributed by atoms with Gasteiger partial charge in [-0.05, 0) is 42.0 Å². The Kier molecular flexibility index (Phi) is 4.43. The van der Waals surface area contributed by atoms with E-state index in [1.165, 1.54) is 11.3 Å². The number of fused-ring (bicyclic) bond motifs is 1. The van der Waals surface area contributed by atoms with Gasteiger partial charge in [0.2, 0.25) is 5.13 Å². The van der Waals surface area contributed by atoms with Crippen LogP contribution < -0.4 is 14.2 Å². The van der Waals surface area contributed by atoms with Crippen LogP contribution in [0.25, 0.3) is 10.2 Å². The molecule has 0 unspecified atom stereocenters. The van der Waals surface area contributed by atoms with Crippen LogP contribution in [0.4, 0.5) is 5.13 Å².